The maximum atomic E-state index is 13.7. The summed E-state index contributed by atoms with van der Waals surface area (Å²) in [6, 6.07) is 22.7. The van der Waals surface area contributed by atoms with Crippen molar-refractivity contribution < 1.29 is 19.1 Å². The molecule has 7 nitrogen and oxygen atoms in total. The molecule has 39 heavy (non-hydrogen) atoms. The van der Waals surface area contributed by atoms with Crippen LogP contribution in [0.5, 0.6) is 5.75 Å². The van der Waals surface area contributed by atoms with Crippen molar-refractivity contribution in [2.75, 3.05) is 23.5 Å². The molecule has 1 aliphatic rings. The minimum Gasteiger partial charge on any atom is -0.496 e. The lowest BCUT2D eigenvalue weighted by atomic mass is 10.0. The van der Waals surface area contributed by atoms with Crippen LogP contribution in [-0.2, 0) is 11.3 Å². The first-order valence-electron chi connectivity index (χ1n) is 12.1. The lowest BCUT2D eigenvalue weighted by molar-refractivity contribution is -0.119. The molecule has 4 aromatic rings. The number of nitrogens with two attached hydrogens (primary N) is 1. The Morgan fingerprint density at radius 2 is 1.64 bits per heavy atom. The van der Waals surface area contributed by atoms with Gasteiger partial charge in [-0.1, -0.05) is 52.3 Å². The minimum absolute atomic E-state index is 0. The van der Waals surface area contributed by atoms with Crippen LogP contribution in [0.3, 0.4) is 0 Å². The molecule has 0 bridgehead atoms. The fourth-order valence-corrected chi connectivity index (χ4v) is 5.21. The number of methoxy groups -OCH3 is 1. The van der Waals surface area contributed by atoms with E-state index in [1.807, 2.05) is 54.6 Å². The Kier molecular flexibility index (Phi) is 8.39. The van der Waals surface area contributed by atoms with E-state index in [1.165, 1.54) is 11.8 Å². The third kappa shape index (κ3) is 5.41. The zero-order valence-electron chi connectivity index (χ0n) is 21.4. The zero-order valence-corrected chi connectivity index (χ0v) is 23.8. The van der Waals surface area contributed by atoms with Gasteiger partial charge in [0.25, 0.3) is 5.91 Å². The fraction of sp³-hybridized carbons (Fsp3) is 0.167. The van der Waals surface area contributed by atoms with Crippen molar-refractivity contribution in [1.29, 1.82) is 0 Å². The molecule has 0 aromatic heterocycles. The van der Waals surface area contributed by atoms with Crippen LogP contribution in [0.2, 0.25) is 0 Å². The molecule has 0 radical (unpaired) electrons. The van der Waals surface area contributed by atoms with Crippen molar-refractivity contribution in [1.82, 2.24) is 0 Å². The van der Waals surface area contributed by atoms with Crippen molar-refractivity contribution in [3.8, 4) is 5.75 Å². The van der Waals surface area contributed by atoms with Gasteiger partial charge in [0.05, 0.1) is 31.6 Å². The number of ketones is 1. The van der Waals surface area contributed by atoms with Crippen LogP contribution in [0, 0.1) is 0 Å². The van der Waals surface area contributed by atoms with Crippen LogP contribution in [0.1, 0.15) is 33.2 Å². The van der Waals surface area contributed by atoms with E-state index >= 15 is 0 Å². The van der Waals surface area contributed by atoms with Gasteiger partial charge in [-0.05, 0) is 60.2 Å². The van der Waals surface area contributed by atoms with Crippen molar-refractivity contribution >= 4 is 68.1 Å². The number of halogens is 2. The Bertz CT molecular complexity index is 1570. The number of carbonyl (C=O) groups excluding carboxylic acids is 3. The van der Waals surface area contributed by atoms with E-state index in [1.54, 1.807) is 36.3 Å². The monoisotopic (exact) mass is 607 g/mol. The predicted molar refractivity (Wildman–Crippen MR) is 159 cm³/mol. The molecule has 1 aliphatic heterocycles. The quantitative estimate of drug-likeness (QED) is 0.291. The molecule has 200 valence electrons. The molecular weight excluding hydrogens is 582 g/mol. The Hall–Kier alpha value is -3.72. The van der Waals surface area contributed by atoms with E-state index in [-0.39, 0.29) is 43.1 Å². The molecular formula is C30H27BrClN3O4. The summed E-state index contributed by atoms with van der Waals surface area (Å²) in [5.41, 5.74) is 9.33. The molecule has 4 aromatic carbocycles. The average Bonchev–Trinajstić information content (AvgIpc) is 3.03. The Morgan fingerprint density at radius 1 is 0.974 bits per heavy atom. The van der Waals surface area contributed by atoms with Crippen molar-refractivity contribution in [3.05, 3.63) is 100 Å². The highest BCUT2D eigenvalue weighted by molar-refractivity contribution is 9.10. The van der Waals surface area contributed by atoms with Gasteiger partial charge in [-0.25, -0.2) is 0 Å². The second-order valence-electron chi connectivity index (χ2n) is 9.18. The van der Waals surface area contributed by atoms with Crippen LogP contribution in [0.15, 0.2) is 83.3 Å². The summed E-state index contributed by atoms with van der Waals surface area (Å²) in [6.07, 6.45) is 0. The van der Waals surface area contributed by atoms with E-state index in [4.69, 9.17) is 10.5 Å². The van der Waals surface area contributed by atoms with Gasteiger partial charge in [-0.15, -0.1) is 12.4 Å². The Labute approximate surface area is 241 Å². The number of carbonyl (C=O) groups is 3. The first-order chi connectivity index (χ1) is 18.3. The molecule has 1 atom stereocenters. The second-order valence-corrected chi connectivity index (χ2v) is 10.1. The summed E-state index contributed by atoms with van der Waals surface area (Å²) in [5, 5.41) is 1.95. The molecule has 1 heterocycles. The SMILES string of the molecule is COc1ccc2cc(Br)ccc2c1CN1C(=O)C(N)CN(C(=O)c2ccc(C(C)=O)cc2)c2ccccc21.Cl. The summed E-state index contributed by atoms with van der Waals surface area (Å²) in [4.78, 5) is 42.2. The third-order valence-corrected chi connectivity index (χ3v) is 7.29. The largest absolute Gasteiger partial charge is 0.496 e. The molecule has 2 amide bonds. The summed E-state index contributed by atoms with van der Waals surface area (Å²) >= 11 is 3.52. The number of rotatable bonds is 5. The number of hydrogen-bond acceptors (Lipinski definition) is 5. The molecule has 2 N–H and O–H groups in total. The van der Waals surface area contributed by atoms with Gasteiger partial charge in [0.15, 0.2) is 5.78 Å². The van der Waals surface area contributed by atoms with Gasteiger partial charge in [-0.2, -0.15) is 0 Å². The van der Waals surface area contributed by atoms with Gasteiger partial charge in [0.1, 0.15) is 11.8 Å². The highest BCUT2D eigenvalue weighted by atomic mass is 79.9. The lowest BCUT2D eigenvalue weighted by Gasteiger charge is -2.26. The summed E-state index contributed by atoms with van der Waals surface area (Å²) in [5.74, 6) is -0.0221. The molecule has 1 unspecified atom stereocenters. The van der Waals surface area contributed by atoms with Crippen LogP contribution in [0.25, 0.3) is 10.8 Å². The number of para-hydroxylation sites is 2. The van der Waals surface area contributed by atoms with Gasteiger partial charge >= 0.3 is 0 Å². The molecule has 0 spiro atoms. The normalized spacial score (nSPS) is 14.9. The highest BCUT2D eigenvalue weighted by Crippen LogP contribution is 2.37. The third-order valence-electron chi connectivity index (χ3n) is 6.80. The molecule has 0 saturated carbocycles. The maximum absolute atomic E-state index is 13.7. The average molecular weight is 609 g/mol. The highest BCUT2D eigenvalue weighted by Gasteiger charge is 2.35. The number of ether oxygens (including phenoxy) is 1. The molecule has 5 rings (SSSR count). The van der Waals surface area contributed by atoms with Crippen molar-refractivity contribution in [2.24, 2.45) is 5.73 Å². The topological polar surface area (TPSA) is 92.9 Å². The van der Waals surface area contributed by atoms with Crippen LogP contribution in [-0.4, -0.2) is 37.3 Å². The van der Waals surface area contributed by atoms with E-state index in [2.05, 4.69) is 15.9 Å². The first kappa shape index (κ1) is 28.3. The number of hydrogen-bond donors (Lipinski definition) is 1. The van der Waals surface area contributed by atoms with Crippen LogP contribution >= 0.6 is 28.3 Å². The lowest BCUT2D eigenvalue weighted by Crippen LogP contribution is -2.48. The van der Waals surface area contributed by atoms with Gasteiger partial charge in [0.2, 0.25) is 5.91 Å². The van der Waals surface area contributed by atoms with Crippen LogP contribution < -0.4 is 20.3 Å². The van der Waals surface area contributed by atoms with E-state index in [9.17, 15) is 14.4 Å². The standard InChI is InChI=1S/C30H26BrN3O4.ClH/c1-18(35)19-7-9-20(10-8-19)29(36)34-17-25(32)30(37)33(26-5-3-4-6-27(26)34)16-24-23-13-12-22(31)15-21(23)11-14-28(24)38-2;/h3-15,25H,16-17,32H2,1-2H3;1H. The zero-order chi connectivity index (χ0) is 27.0. The van der Waals surface area contributed by atoms with Crippen molar-refractivity contribution in [3.63, 3.8) is 0 Å². The van der Waals surface area contributed by atoms with Crippen molar-refractivity contribution in [2.45, 2.75) is 19.5 Å². The molecule has 0 aliphatic carbocycles. The van der Waals surface area contributed by atoms with E-state index < -0.39 is 6.04 Å². The minimum atomic E-state index is -0.946. The molecule has 0 saturated heterocycles. The summed E-state index contributed by atoms with van der Waals surface area (Å²) in [7, 11) is 1.60. The number of Topliss-reactive ketones (excluding diaryl/α,β-unsaturated/α-hetero) is 1. The number of anilines is 2. The van der Waals surface area contributed by atoms with Gasteiger partial charge in [-0.3, -0.25) is 14.4 Å². The number of fused-ring (bicyclic) bond motifs is 2. The Balaban J connectivity index is 0.00000353. The first-order valence-corrected chi connectivity index (χ1v) is 12.9. The summed E-state index contributed by atoms with van der Waals surface area (Å²) < 4.78 is 6.63. The maximum Gasteiger partial charge on any atom is 0.258 e. The molecule has 9 heteroatoms. The van der Waals surface area contributed by atoms with Crippen LogP contribution in [0.4, 0.5) is 11.4 Å². The smallest absolute Gasteiger partial charge is 0.258 e. The molecule has 0 fully saturated rings. The second kappa shape index (κ2) is 11.6. The number of benzene rings is 4. The van der Waals surface area contributed by atoms with E-state index in [0.29, 0.717) is 28.3 Å². The van der Waals surface area contributed by atoms with Gasteiger partial charge in [0, 0.05) is 21.2 Å². The fourth-order valence-electron chi connectivity index (χ4n) is 4.83. The van der Waals surface area contributed by atoms with E-state index in [0.717, 1.165) is 20.8 Å². The van der Waals surface area contributed by atoms with Gasteiger partial charge < -0.3 is 20.3 Å². The summed E-state index contributed by atoms with van der Waals surface area (Å²) in [6.45, 7) is 1.70. The Morgan fingerprint density at radius 3 is 2.31 bits per heavy atom. The number of nitrogens with zero attached hydrogens (tertiary/aromatic N) is 2. The number of amides is 2. The predicted octanol–water partition coefficient (Wildman–Crippen LogP) is 5.76.